The van der Waals surface area contributed by atoms with Gasteiger partial charge in [0.2, 0.25) is 0 Å². The number of ether oxygens (including phenoxy) is 1. The lowest BCUT2D eigenvalue weighted by atomic mass is 10.1. The summed E-state index contributed by atoms with van der Waals surface area (Å²) in [4.78, 5) is 16.0. The Morgan fingerprint density at radius 3 is 2.68 bits per heavy atom. The van der Waals surface area contributed by atoms with Crippen molar-refractivity contribution in [2.45, 2.75) is 13.3 Å². The number of aromatic carboxylic acids is 1. The Balaban J connectivity index is 2.05. The van der Waals surface area contributed by atoms with E-state index in [0.29, 0.717) is 17.9 Å². The minimum Gasteiger partial charge on any atom is -0.494 e. The Morgan fingerprint density at radius 1 is 1.23 bits per heavy atom. The molecule has 22 heavy (non-hydrogen) atoms. The van der Waals surface area contributed by atoms with Gasteiger partial charge in [-0.15, -0.1) is 0 Å². The number of carboxylic acid groups (broad SMARTS) is 1. The van der Waals surface area contributed by atoms with E-state index in [1.807, 2.05) is 37.3 Å². The van der Waals surface area contributed by atoms with E-state index in [-0.39, 0.29) is 5.69 Å². The van der Waals surface area contributed by atoms with E-state index >= 15 is 0 Å². The van der Waals surface area contributed by atoms with E-state index in [2.05, 4.69) is 4.98 Å². The number of pyridine rings is 1. The van der Waals surface area contributed by atoms with Crippen LogP contribution in [-0.2, 0) is 0 Å². The number of rotatable bonds is 5. The highest BCUT2D eigenvalue weighted by Gasteiger charge is 2.19. The van der Waals surface area contributed by atoms with Crippen LogP contribution >= 0.6 is 0 Å². The maximum absolute atomic E-state index is 11.6. The Bertz CT molecular complexity index is 806. The molecule has 0 saturated carbocycles. The van der Waals surface area contributed by atoms with Gasteiger partial charge >= 0.3 is 5.97 Å². The highest BCUT2D eigenvalue weighted by Crippen LogP contribution is 2.26. The Morgan fingerprint density at radius 2 is 2.00 bits per heavy atom. The van der Waals surface area contributed by atoms with Crippen LogP contribution in [0.5, 0.6) is 5.75 Å². The molecule has 0 spiro atoms. The predicted octanol–water partition coefficient (Wildman–Crippen LogP) is 3.49. The van der Waals surface area contributed by atoms with Crippen molar-refractivity contribution < 1.29 is 14.6 Å². The predicted molar refractivity (Wildman–Crippen MR) is 83.4 cm³/mol. The third-order valence-corrected chi connectivity index (χ3v) is 3.33. The van der Waals surface area contributed by atoms with E-state index in [9.17, 15) is 9.90 Å². The number of hydrogen-bond acceptors (Lipinski definition) is 3. The molecule has 0 aliphatic rings. The summed E-state index contributed by atoms with van der Waals surface area (Å²) in [5.41, 5.74) is 1.99. The zero-order valence-electron chi connectivity index (χ0n) is 12.2. The molecule has 112 valence electrons. The Hall–Kier alpha value is -2.82. The molecule has 1 N–H and O–H groups in total. The maximum Gasteiger partial charge on any atom is 0.355 e. The molecule has 5 heteroatoms. The van der Waals surface area contributed by atoms with Crippen LogP contribution in [0.2, 0.25) is 0 Å². The van der Waals surface area contributed by atoms with Gasteiger partial charge in [-0.05, 0) is 42.8 Å². The van der Waals surface area contributed by atoms with Crippen molar-refractivity contribution in [2.75, 3.05) is 6.61 Å². The van der Waals surface area contributed by atoms with Gasteiger partial charge in [0.05, 0.1) is 6.61 Å². The molecule has 0 amide bonds. The minimum atomic E-state index is -1.000. The normalized spacial score (nSPS) is 10.8. The van der Waals surface area contributed by atoms with E-state index in [0.717, 1.165) is 17.7 Å². The minimum absolute atomic E-state index is 0.165. The monoisotopic (exact) mass is 296 g/mol. The van der Waals surface area contributed by atoms with Crippen LogP contribution in [0.1, 0.15) is 23.8 Å². The molecule has 0 saturated heterocycles. The average molecular weight is 296 g/mol. The van der Waals surface area contributed by atoms with Gasteiger partial charge in [0.25, 0.3) is 0 Å². The van der Waals surface area contributed by atoms with E-state index < -0.39 is 5.97 Å². The van der Waals surface area contributed by atoms with Crippen molar-refractivity contribution >= 4 is 11.6 Å². The van der Waals surface area contributed by atoms with E-state index in [1.54, 1.807) is 22.7 Å². The summed E-state index contributed by atoms with van der Waals surface area (Å²) in [6.45, 7) is 2.71. The van der Waals surface area contributed by atoms with Crippen LogP contribution in [0.25, 0.3) is 16.9 Å². The number of fused-ring (bicyclic) bond motifs is 1. The van der Waals surface area contributed by atoms with Crippen LogP contribution in [-0.4, -0.2) is 27.1 Å². The van der Waals surface area contributed by atoms with Gasteiger partial charge in [0.1, 0.15) is 17.1 Å². The standard InChI is InChI=1S/C17H16N2O3/c1-2-11-22-13-8-6-12(7-9-13)15-16(17(20)21)19-10-4-3-5-14(19)18-15/h3-10H,2,11H2,1H3,(H,20,21). The first-order chi connectivity index (χ1) is 10.7. The highest BCUT2D eigenvalue weighted by atomic mass is 16.5. The lowest BCUT2D eigenvalue weighted by molar-refractivity contribution is 0.0690. The number of benzene rings is 1. The zero-order valence-corrected chi connectivity index (χ0v) is 12.2. The summed E-state index contributed by atoms with van der Waals surface area (Å²) in [5, 5.41) is 9.50. The third kappa shape index (κ3) is 2.53. The summed E-state index contributed by atoms with van der Waals surface area (Å²) in [7, 11) is 0. The van der Waals surface area contributed by atoms with E-state index in [1.165, 1.54) is 0 Å². The van der Waals surface area contributed by atoms with Crippen LogP contribution in [0.15, 0.2) is 48.7 Å². The van der Waals surface area contributed by atoms with Gasteiger partial charge in [-0.25, -0.2) is 9.78 Å². The van der Waals surface area contributed by atoms with Crippen LogP contribution < -0.4 is 4.74 Å². The largest absolute Gasteiger partial charge is 0.494 e. The molecule has 5 nitrogen and oxygen atoms in total. The molecule has 0 atom stereocenters. The molecule has 3 aromatic rings. The first-order valence-electron chi connectivity index (χ1n) is 7.14. The molecular formula is C17H16N2O3. The van der Waals surface area contributed by atoms with Crippen LogP contribution in [0.4, 0.5) is 0 Å². The fourth-order valence-electron chi connectivity index (χ4n) is 2.33. The second-order valence-electron chi connectivity index (χ2n) is 4.92. The molecule has 3 rings (SSSR count). The molecule has 0 radical (unpaired) electrons. The fourth-order valence-corrected chi connectivity index (χ4v) is 2.33. The number of nitrogens with zero attached hydrogens (tertiary/aromatic N) is 2. The average Bonchev–Trinajstić information content (AvgIpc) is 2.93. The molecule has 1 aromatic carbocycles. The summed E-state index contributed by atoms with van der Waals surface area (Å²) >= 11 is 0. The second-order valence-corrected chi connectivity index (χ2v) is 4.92. The highest BCUT2D eigenvalue weighted by molar-refractivity contribution is 5.94. The van der Waals surface area contributed by atoms with Gasteiger partial charge in [0.15, 0.2) is 5.69 Å². The third-order valence-electron chi connectivity index (χ3n) is 3.33. The van der Waals surface area contributed by atoms with Gasteiger partial charge in [-0.1, -0.05) is 13.0 Å². The lowest BCUT2D eigenvalue weighted by Gasteiger charge is -2.05. The van der Waals surface area contributed by atoms with Crippen LogP contribution in [0, 0.1) is 0 Å². The van der Waals surface area contributed by atoms with Crippen molar-refractivity contribution in [2.24, 2.45) is 0 Å². The van der Waals surface area contributed by atoms with Crippen molar-refractivity contribution in [3.63, 3.8) is 0 Å². The Labute approximate surface area is 127 Å². The van der Waals surface area contributed by atoms with Crippen molar-refractivity contribution in [3.05, 3.63) is 54.4 Å². The quantitative estimate of drug-likeness (QED) is 0.782. The van der Waals surface area contributed by atoms with Gasteiger partial charge in [-0.2, -0.15) is 0 Å². The SMILES string of the molecule is CCCOc1ccc(-c2nc3ccccn3c2C(=O)O)cc1. The first kappa shape index (κ1) is 14.1. The number of hydrogen-bond donors (Lipinski definition) is 1. The number of carbonyl (C=O) groups is 1. The van der Waals surface area contributed by atoms with Crippen molar-refractivity contribution in [1.29, 1.82) is 0 Å². The summed E-state index contributed by atoms with van der Waals surface area (Å²) in [5.74, 6) is -0.230. The van der Waals surface area contributed by atoms with Gasteiger partial charge in [-0.3, -0.25) is 4.40 Å². The molecule has 0 bridgehead atoms. The lowest BCUT2D eigenvalue weighted by Crippen LogP contribution is -2.03. The zero-order chi connectivity index (χ0) is 15.5. The topological polar surface area (TPSA) is 63.8 Å². The fraction of sp³-hybridized carbons (Fsp3) is 0.176. The van der Waals surface area contributed by atoms with Gasteiger partial charge < -0.3 is 9.84 Å². The molecule has 0 fully saturated rings. The van der Waals surface area contributed by atoms with Crippen molar-refractivity contribution in [3.8, 4) is 17.0 Å². The number of aromatic nitrogens is 2. The smallest absolute Gasteiger partial charge is 0.355 e. The maximum atomic E-state index is 11.6. The molecule has 2 heterocycles. The number of carboxylic acids is 1. The summed E-state index contributed by atoms with van der Waals surface area (Å²) < 4.78 is 7.12. The Kier molecular flexibility index (Phi) is 3.78. The molecule has 0 unspecified atom stereocenters. The van der Waals surface area contributed by atoms with Crippen LogP contribution in [0.3, 0.4) is 0 Å². The summed E-state index contributed by atoms with van der Waals surface area (Å²) in [6, 6.07) is 12.7. The summed E-state index contributed by atoms with van der Waals surface area (Å²) in [6.07, 6.45) is 2.64. The first-order valence-corrected chi connectivity index (χ1v) is 7.14. The second kappa shape index (κ2) is 5.89. The molecule has 0 aliphatic heterocycles. The number of imidazole rings is 1. The molecule has 0 aliphatic carbocycles. The molecule has 2 aromatic heterocycles. The van der Waals surface area contributed by atoms with Gasteiger partial charge in [0, 0.05) is 11.8 Å². The van der Waals surface area contributed by atoms with Crippen molar-refractivity contribution in [1.82, 2.24) is 9.38 Å². The van der Waals surface area contributed by atoms with E-state index in [4.69, 9.17) is 4.74 Å². The molecular weight excluding hydrogens is 280 g/mol.